The van der Waals surface area contributed by atoms with Gasteiger partial charge in [0.25, 0.3) is 5.91 Å². The SMILES string of the molecule is CNc1ccc2c(c1)N(CCC(C)(C)N)C(=O)CO2. The van der Waals surface area contributed by atoms with E-state index >= 15 is 0 Å². The highest BCUT2D eigenvalue weighted by molar-refractivity contribution is 5.98. The molecule has 104 valence electrons. The molecular weight excluding hydrogens is 242 g/mol. The molecule has 5 nitrogen and oxygen atoms in total. The molecule has 1 amide bonds. The normalized spacial score (nSPS) is 14.9. The number of rotatable bonds is 4. The van der Waals surface area contributed by atoms with E-state index in [1.54, 1.807) is 4.90 Å². The lowest BCUT2D eigenvalue weighted by Gasteiger charge is -2.32. The van der Waals surface area contributed by atoms with Crippen LogP contribution in [0.5, 0.6) is 5.75 Å². The lowest BCUT2D eigenvalue weighted by molar-refractivity contribution is -0.121. The van der Waals surface area contributed by atoms with E-state index in [0.29, 0.717) is 6.54 Å². The number of anilines is 2. The number of carbonyl (C=O) groups excluding carboxylic acids is 1. The molecule has 0 saturated carbocycles. The minimum Gasteiger partial charge on any atom is -0.482 e. The molecule has 1 aliphatic heterocycles. The molecule has 0 spiro atoms. The highest BCUT2D eigenvalue weighted by Crippen LogP contribution is 2.34. The number of ether oxygens (including phenoxy) is 1. The average Bonchev–Trinajstić information content (AvgIpc) is 2.35. The number of nitrogens with one attached hydrogen (secondary N) is 1. The van der Waals surface area contributed by atoms with Gasteiger partial charge in [-0.05, 0) is 38.5 Å². The van der Waals surface area contributed by atoms with E-state index in [1.807, 2.05) is 39.1 Å². The van der Waals surface area contributed by atoms with Crippen molar-refractivity contribution in [1.82, 2.24) is 0 Å². The summed E-state index contributed by atoms with van der Waals surface area (Å²) in [5.41, 5.74) is 7.47. The van der Waals surface area contributed by atoms with Gasteiger partial charge in [-0.2, -0.15) is 0 Å². The molecule has 3 N–H and O–H groups in total. The van der Waals surface area contributed by atoms with Gasteiger partial charge in [-0.25, -0.2) is 0 Å². The zero-order valence-electron chi connectivity index (χ0n) is 11.7. The fourth-order valence-electron chi connectivity index (χ4n) is 2.00. The molecule has 0 saturated heterocycles. The van der Waals surface area contributed by atoms with Gasteiger partial charge >= 0.3 is 0 Å². The molecule has 2 rings (SSSR count). The lowest BCUT2D eigenvalue weighted by atomic mass is 10.0. The maximum atomic E-state index is 12.0. The highest BCUT2D eigenvalue weighted by atomic mass is 16.5. The van der Waals surface area contributed by atoms with Gasteiger partial charge in [0, 0.05) is 24.8 Å². The number of nitrogens with two attached hydrogens (primary N) is 1. The number of amides is 1. The Labute approximate surface area is 113 Å². The first-order valence-electron chi connectivity index (χ1n) is 6.44. The van der Waals surface area contributed by atoms with E-state index in [9.17, 15) is 4.79 Å². The number of carbonyl (C=O) groups is 1. The van der Waals surface area contributed by atoms with Crippen LogP contribution in [0.4, 0.5) is 11.4 Å². The number of hydrogen-bond donors (Lipinski definition) is 2. The average molecular weight is 263 g/mol. The van der Waals surface area contributed by atoms with Crippen LogP contribution < -0.4 is 20.7 Å². The summed E-state index contributed by atoms with van der Waals surface area (Å²) in [7, 11) is 1.85. The second-order valence-corrected chi connectivity index (χ2v) is 5.51. The Hall–Kier alpha value is -1.75. The van der Waals surface area contributed by atoms with Crippen molar-refractivity contribution in [3.63, 3.8) is 0 Å². The Morgan fingerprint density at radius 2 is 2.21 bits per heavy atom. The van der Waals surface area contributed by atoms with Crippen molar-refractivity contribution < 1.29 is 9.53 Å². The minimum atomic E-state index is -0.292. The quantitative estimate of drug-likeness (QED) is 0.865. The van der Waals surface area contributed by atoms with Crippen LogP contribution in [0, 0.1) is 0 Å². The molecule has 5 heteroatoms. The first kappa shape index (κ1) is 13.7. The molecule has 1 heterocycles. The summed E-state index contributed by atoms with van der Waals surface area (Å²) in [5.74, 6) is 0.721. The summed E-state index contributed by atoms with van der Waals surface area (Å²) < 4.78 is 5.45. The summed E-state index contributed by atoms with van der Waals surface area (Å²) in [4.78, 5) is 13.8. The minimum absolute atomic E-state index is 0.0231. The van der Waals surface area contributed by atoms with Gasteiger partial charge in [-0.3, -0.25) is 4.79 Å². The van der Waals surface area contributed by atoms with Crippen LogP contribution >= 0.6 is 0 Å². The first-order valence-corrected chi connectivity index (χ1v) is 6.44. The molecule has 0 unspecified atom stereocenters. The van der Waals surface area contributed by atoms with Crippen LogP contribution in [-0.4, -0.2) is 31.6 Å². The van der Waals surface area contributed by atoms with Gasteiger partial charge < -0.3 is 20.7 Å². The van der Waals surface area contributed by atoms with Crippen molar-refractivity contribution >= 4 is 17.3 Å². The molecule has 19 heavy (non-hydrogen) atoms. The smallest absolute Gasteiger partial charge is 0.265 e. The Kier molecular flexibility index (Phi) is 3.66. The van der Waals surface area contributed by atoms with Gasteiger partial charge in [-0.15, -0.1) is 0 Å². The Morgan fingerprint density at radius 1 is 1.47 bits per heavy atom. The van der Waals surface area contributed by atoms with Crippen molar-refractivity contribution in [3.8, 4) is 5.75 Å². The van der Waals surface area contributed by atoms with Gasteiger partial charge in [0.05, 0.1) is 5.69 Å². The topological polar surface area (TPSA) is 67.6 Å². The summed E-state index contributed by atoms with van der Waals surface area (Å²) in [6, 6.07) is 5.74. The summed E-state index contributed by atoms with van der Waals surface area (Å²) >= 11 is 0. The Bertz CT molecular complexity index is 480. The molecule has 0 bridgehead atoms. The van der Waals surface area contributed by atoms with Crippen molar-refractivity contribution in [3.05, 3.63) is 18.2 Å². The molecule has 1 aliphatic rings. The van der Waals surface area contributed by atoms with E-state index in [0.717, 1.165) is 23.5 Å². The largest absolute Gasteiger partial charge is 0.482 e. The maximum absolute atomic E-state index is 12.0. The van der Waals surface area contributed by atoms with Crippen molar-refractivity contribution in [1.29, 1.82) is 0 Å². The van der Waals surface area contributed by atoms with E-state index < -0.39 is 0 Å². The number of nitrogens with zero attached hydrogens (tertiary/aromatic N) is 1. The molecule has 0 aliphatic carbocycles. The van der Waals surface area contributed by atoms with Crippen LogP contribution in [0.2, 0.25) is 0 Å². The molecule has 1 aromatic carbocycles. The Balaban J connectivity index is 2.26. The van der Waals surface area contributed by atoms with E-state index in [1.165, 1.54) is 0 Å². The third-order valence-corrected chi connectivity index (χ3v) is 3.17. The summed E-state index contributed by atoms with van der Waals surface area (Å²) in [6.45, 7) is 4.62. The molecule has 0 fully saturated rings. The van der Waals surface area contributed by atoms with E-state index in [-0.39, 0.29) is 18.1 Å². The third kappa shape index (κ3) is 3.17. The van der Waals surface area contributed by atoms with Crippen molar-refractivity contribution in [2.24, 2.45) is 5.73 Å². The molecule has 0 radical (unpaired) electrons. The number of benzene rings is 1. The van der Waals surface area contributed by atoms with Gasteiger partial charge in [0.1, 0.15) is 5.75 Å². The summed E-state index contributed by atoms with van der Waals surface area (Å²) in [6.07, 6.45) is 0.738. The fraction of sp³-hybridized carbons (Fsp3) is 0.500. The number of hydrogen-bond acceptors (Lipinski definition) is 4. The van der Waals surface area contributed by atoms with Gasteiger partial charge in [0.15, 0.2) is 6.61 Å². The zero-order chi connectivity index (χ0) is 14.0. The Morgan fingerprint density at radius 3 is 2.84 bits per heavy atom. The van der Waals surface area contributed by atoms with Crippen LogP contribution in [0.15, 0.2) is 18.2 Å². The fourth-order valence-corrected chi connectivity index (χ4v) is 2.00. The van der Waals surface area contributed by atoms with Gasteiger partial charge in [0.2, 0.25) is 0 Å². The second-order valence-electron chi connectivity index (χ2n) is 5.51. The van der Waals surface area contributed by atoms with Crippen LogP contribution in [0.3, 0.4) is 0 Å². The maximum Gasteiger partial charge on any atom is 0.265 e. The summed E-state index contributed by atoms with van der Waals surface area (Å²) in [5, 5.41) is 3.07. The van der Waals surface area contributed by atoms with Gasteiger partial charge in [-0.1, -0.05) is 0 Å². The second kappa shape index (κ2) is 5.09. The molecule has 0 atom stereocenters. The van der Waals surface area contributed by atoms with Crippen LogP contribution in [0.25, 0.3) is 0 Å². The van der Waals surface area contributed by atoms with Crippen molar-refractivity contribution in [2.75, 3.05) is 30.4 Å². The monoisotopic (exact) mass is 263 g/mol. The lowest BCUT2D eigenvalue weighted by Crippen LogP contribution is -2.43. The predicted octanol–water partition coefficient (Wildman–Crippen LogP) is 1.58. The third-order valence-electron chi connectivity index (χ3n) is 3.17. The molecule has 1 aromatic rings. The van der Waals surface area contributed by atoms with E-state index in [2.05, 4.69) is 5.32 Å². The highest BCUT2D eigenvalue weighted by Gasteiger charge is 2.26. The van der Waals surface area contributed by atoms with E-state index in [4.69, 9.17) is 10.5 Å². The van der Waals surface area contributed by atoms with Crippen LogP contribution in [-0.2, 0) is 4.79 Å². The molecular formula is C14H21N3O2. The first-order chi connectivity index (χ1) is 8.90. The van der Waals surface area contributed by atoms with Crippen LogP contribution in [0.1, 0.15) is 20.3 Å². The standard InChI is InChI=1S/C14H21N3O2/c1-14(2,15)6-7-17-11-8-10(16-3)4-5-12(11)19-9-13(17)18/h4-5,8,16H,6-7,9,15H2,1-3H3. The van der Waals surface area contributed by atoms with Crippen molar-refractivity contribution in [2.45, 2.75) is 25.8 Å². The predicted molar refractivity (Wildman–Crippen MR) is 76.7 cm³/mol. The molecule has 0 aromatic heterocycles. The number of fused-ring (bicyclic) bond motifs is 1. The zero-order valence-corrected chi connectivity index (χ0v) is 11.7.